The molecule has 1 aromatic heterocycles. The van der Waals surface area contributed by atoms with Crippen molar-refractivity contribution < 1.29 is 0 Å². The molecule has 0 spiro atoms. The third-order valence-corrected chi connectivity index (χ3v) is 3.91. The van der Waals surface area contributed by atoms with Crippen molar-refractivity contribution in [3.05, 3.63) is 18.2 Å². The highest BCUT2D eigenvalue weighted by Crippen LogP contribution is 2.39. The molecular weight excluding hydrogens is 170 g/mol. The zero-order chi connectivity index (χ0) is 8.60. The van der Waals surface area contributed by atoms with Gasteiger partial charge in [0.15, 0.2) is 0 Å². The maximum absolute atomic E-state index is 6.25. The van der Waals surface area contributed by atoms with E-state index in [0.29, 0.717) is 5.25 Å². The molecule has 2 heterocycles. The fraction of sp³-hybridized carbons (Fsp3) is 0.625. The Morgan fingerprint density at radius 2 is 2.67 bits per heavy atom. The summed E-state index contributed by atoms with van der Waals surface area (Å²) in [5, 5.41) is 0.462. The number of aromatic nitrogens is 2. The summed E-state index contributed by atoms with van der Waals surface area (Å²) in [6.45, 7) is 2.17. The zero-order valence-electron chi connectivity index (χ0n) is 7.08. The summed E-state index contributed by atoms with van der Waals surface area (Å²) < 4.78 is 0. The van der Waals surface area contributed by atoms with Gasteiger partial charge in [0, 0.05) is 17.6 Å². The van der Waals surface area contributed by atoms with Gasteiger partial charge in [-0.1, -0.05) is 6.92 Å². The monoisotopic (exact) mass is 183 g/mol. The van der Waals surface area contributed by atoms with E-state index >= 15 is 0 Å². The molecule has 0 amide bonds. The van der Waals surface area contributed by atoms with Crippen molar-refractivity contribution in [3.8, 4) is 0 Å². The Morgan fingerprint density at radius 1 is 1.83 bits per heavy atom. The number of aromatic amines is 1. The van der Waals surface area contributed by atoms with E-state index in [4.69, 9.17) is 5.73 Å². The molecule has 0 unspecified atom stereocenters. The van der Waals surface area contributed by atoms with Gasteiger partial charge in [-0.2, -0.15) is 11.8 Å². The van der Waals surface area contributed by atoms with Crippen LogP contribution in [0.1, 0.15) is 19.2 Å². The third-order valence-electron chi connectivity index (χ3n) is 2.55. The number of rotatable bonds is 1. The van der Waals surface area contributed by atoms with E-state index < -0.39 is 0 Å². The first-order valence-corrected chi connectivity index (χ1v) is 5.19. The second kappa shape index (κ2) is 2.78. The average Bonchev–Trinajstić information content (AvgIpc) is 2.62. The molecule has 0 aromatic carbocycles. The van der Waals surface area contributed by atoms with Gasteiger partial charge in [0.1, 0.15) is 5.82 Å². The van der Waals surface area contributed by atoms with Crippen molar-refractivity contribution in [2.75, 3.05) is 5.75 Å². The van der Waals surface area contributed by atoms with Crippen LogP contribution in [-0.2, 0) is 5.54 Å². The average molecular weight is 183 g/mol. The Kier molecular flexibility index (Phi) is 1.88. The van der Waals surface area contributed by atoms with Crippen LogP contribution in [0.15, 0.2) is 12.4 Å². The van der Waals surface area contributed by atoms with E-state index in [0.717, 1.165) is 18.0 Å². The van der Waals surface area contributed by atoms with E-state index in [-0.39, 0.29) is 5.54 Å². The maximum atomic E-state index is 6.25. The minimum absolute atomic E-state index is 0.228. The summed E-state index contributed by atoms with van der Waals surface area (Å²) in [6, 6.07) is 0. The first-order chi connectivity index (χ1) is 5.73. The molecule has 3 N–H and O–H groups in total. The molecule has 0 radical (unpaired) electrons. The summed E-state index contributed by atoms with van der Waals surface area (Å²) in [5.74, 6) is 2.07. The first kappa shape index (κ1) is 8.13. The summed E-state index contributed by atoms with van der Waals surface area (Å²) in [6.07, 6.45) is 4.62. The number of nitrogens with two attached hydrogens (primary N) is 1. The minimum Gasteiger partial charge on any atom is -0.347 e. The van der Waals surface area contributed by atoms with Gasteiger partial charge in [0.05, 0.1) is 5.54 Å². The molecule has 1 aliphatic rings. The zero-order valence-corrected chi connectivity index (χ0v) is 7.90. The standard InChI is InChI=1S/C8H13N3S/c1-6-8(9,2-5-12-6)7-10-3-4-11-7/h3-4,6H,2,5,9H2,1H3,(H,10,11)/t6-,8-/m0/s1. The van der Waals surface area contributed by atoms with Crippen LogP contribution in [0.25, 0.3) is 0 Å². The molecule has 0 aliphatic carbocycles. The van der Waals surface area contributed by atoms with Crippen LogP contribution in [0.4, 0.5) is 0 Å². The van der Waals surface area contributed by atoms with Crippen molar-refractivity contribution in [2.24, 2.45) is 5.73 Å². The van der Waals surface area contributed by atoms with Crippen LogP contribution in [0, 0.1) is 0 Å². The molecule has 2 atom stereocenters. The summed E-state index contributed by atoms with van der Waals surface area (Å²) in [4.78, 5) is 7.33. The molecule has 0 saturated carbocycles. The van der Waals surface area contributed by atoms with Gasteiger partial charge >= 0.3 is 0 Å². The van der Waals surface area contributed by atoms with E-state index in [1.54, 1.807) is 6.20 Å². The van der Waals surface area contributed by atoms with Crippen LogP contribution in [-0.4, -0.2) is 21.0 Å². The molecule has 1 aromatic rings. The van der Waals surface area contributed by atoms with E-state index in [1.807, 2.05) is 18.0 Å². The lowest BCUT2D eigenvalue weighted by Gasteiger charge is -2.25. The first-order valence-electron chi connectivity index (χ1n) is 4.14. The Balaban J connectivity index is 2.32. The van der Waals surface area contributed by atoms with Gasteiger partial charge in [-0.25, -0.2) is 4.98 Å². The van der Waals surface area contributed by atoms with Gasteiger partial charge in [-0.3, -0.25) is 0 Å². The second-order valence-electron chi connectivity index (χ2n) is 3.24. The lowest BCUT2D eigenvalue weighted by molar-refractivity contribution is 0.424. The van der Waals surface area contributed by atoms with Crippen LogP contribution in [0.2, 0.25) is 0 Å². The van der Waals surface area contributed by atoms with Crippen LogP contribution in [0.5, 0.6) is 0 Å². The lowest BCUT2D eigenvalue weighted by atomic mass is 9.93. The van der Waals surface area contributed by atoms with E-state index in [9.17, 15) is 0 Å². The van der Waals surface area contributed by atoms with Crippen LogP contribution in [0.3, 0.4) is 0 Å². The van der Waals surface area contributed by atoms with Crippen molar-refractivity contribution in [1.82, 2.24) is 9.97 Å². The van der Waals surface area contributed by atoms with Gasteiger partial charge in [0.25, 0.3) is 0 Å². The van der Waals surface area contributed by atoms with Crippen LogP contribution >= 0.6 is 11.8 Å². The Morgan fingerprint density at radius 3 is 3.17 bits per heavy atom. The molecule has 3 nitrogen and oxygen atoms in total. The van der Waals surface area contributed by atoms with Gasteiger partial charge in [-0.05, 0) is 12.2 Å². The fourth-order valence-electron chi connectivity index (χ4n) is 1.59. The number of thioether (sulfide) groups is 1. The molecule has 0 bridgehead atoms. The molecule has 1 aliphatic heterocycles. The number of H-pyrrole nitrogens is 1. The number of hydrogen-bond acceptors (Lipinski definition) is 3. The summed E-state index contributed by atoms with van der Waals surface area (Å²) in [5.41, 5.74) is 6.03. The van der Waals surface area contributed by atoms with Gasteiger partial charge < -0.3 is 10.7 Å². The number of imidazole rings is 1. The van der Waals surface area contributed by atoms with Crippen molar-refractivity contribution in [1.29, 1.82) is 0 Å². The predicted octanol–water partition coefficient (Wildman–Crippen LogP) is 1.09. The molecule has 12 heavy (non-hydrogen) atoms. The summed E-state index contributed by atoms with van der Waals surface area (Å²) in [7, 11) is 0. The highest BCUT2D eigenvalue weighted by Gasteiger charge is 2.40. The van der Waals surface area contributed by atoms with E-state index in [2.05, 4.69) is 16.9 Å². The quantitative estimate of drug-likeness (QED) is 0.685. The molecule has 1 saturated heterocycles. The third kappa shape index (κ3) is 1.06. The van der Waals surface area contributed by atoms with Crippen molar-refractivity contribution in [2.45, 2.75) is 24.1 Å². The van der Waals surface area contributed by atoms with Gasteiger partial charge in [-0.15, -0.1) is 0 Å². The molecule has 4 heteroatoms. The number of nitrogens with one attached hydrogen (secondary N) is 1. The van der Waals surface area contributed by atoms with Crippen molar-refractivity contribution >= 4 is 11.8 Å². The van der Waals surface area contributed by atoms with Crippen molar-refractivity contribution in [3.63, 3.8) is 0 Å². The second-order valence-corrected chi connectivity index (χ2v) is 4.69. The summed E-state index contributed by atoms with van der Waals surface area (Å²) >= 11 is 1.92. The highest BCUT2D eigenvalue weighted by molar-refractivity contribution is 8.00. The Bertz CT molecular complexity index is 259. The normalized spacial score (nSPS) is 35.7. The number of nitrogens with zero attached hydrogens (tertiary/aromatic N) is 1. The fourth-order valence-corrected chi connectivity index (χ4v) is 2.92. The lowest BCUT2D eigenvalue weighted by Crippen LogP contribution is -2.42. The predicted molar refractivity (Wildman–Crippen MR) is 51.0 cm³/mol. The molecule has 66 valence electrons. The smallest absolute Gasteiger partial charge is 0.127 e. The molecule has 2 rings (SSSR count). The molecule has 1 fully saturated rings. The SMILES string of the molecule is C[C@@H]1SCC[C@@]1(N)c1ncc[nH]1. The van der Waals surface area contributed by atoms with Crippen LogP contribution < -0.4 is 5.73 Å². The Hall–Kier alpha value is -0.480. The maximum Gasteiger partial charge on any atom is 0.127 e. The molecular formula is C8H13N3S. The topological polar surface area (TPSA) is 54.7 Å². The minimum atomic E-state index is -0.228. The van der Waals surface area contributed by atoms with E-state index in [1.165, 1.54) is 0 Å². The highest BCUT2D eigenvalue weighted by atomic mass is 32.2. The largest absolute Gasteiger partial charge is 0.347 e. The van der Waals surface area contributed by atoms with Gasteiger partial charge in [0.2, 0.25) is 0 Å². The Labute approximate surface area is 76.1 Å². The number of hydrogen-bond donors (Lipinski definition) is 2.